The average molecular weight is 323 g/mol. The Morgan fingerprint density at radius 2 is 2.09 bits per heavy atom. The quantitative estimate of drug-likeness (QED) is 0.673. The number of amides is 1. The molecule has 0 N–H and O–H groups in total. The maximum Gasteiger partial charge on any atom is 0.274 e. The largest absolute Gasteiger partial charge is 0.462 e. The third-order valence-electron chi connectivity index (χ3n) is 3.22. The van der Waals surface area contributed by atoms with Gasteiger partial charge in [-0.15, -0.1) is 11.3 Å². The van der Waals surface area contributed by atoms with Gasteiger partial charge in [-0.05, 0) is 17.7 Å². The summed E-state index contributed by atoms with van der Waals surface area (Å²) >= 11 is 1.34. The molecule has 23 heavy (non-hydrogen) atoms. The second-order valence-corrected chi connectivity index (χ2v) is 5.68. The van der Waals surface area contributed by atoms with Gasteiger partial charge in [-0.3, -0.25) is 4.79 Å². The lowest BCUT2D eigenvalue weighted by Gasteiger charge is -2.18. The number of nitrogens with zero attached hydrogens (tertiary/aromatic N) is 3. The maximum absolute atomic E-state index is 12.6. The predicted molar refractivity (Wildman–Crippen MR) is 86.6 cm³/mol. The summed E-state index contributed by atoms with van der Waals surface area (Å²) in [6.45, 7) is 0.391. The minimum absolute atomic E-state index is 0.0152. The third kappa shape index (κ3) is 3.47. The molecule has 3 aromatic rings. The molecule has 5 nitrogen and oxygen atoms in total. The normalized spacial score (nSPS) is 10.2. The van der Waals surface area contributed by atoms with E-state index in [1.807, 2.05) is 36.4 Å². The monoisotopic (exact) mass is 323 g/mol. The molecule has 3 rings (SSSR count). The summed E-state index contributed by atoms with van der Waals surface area (Å²) in [5.74, 6) is 0.369. The van der Waals surface area contributed by atoms with Gasteiger partial charge in [0.25, 0.3) is 5.91 Å². The van der Waals surface area contributed by atoms with Crippen molar-refractivity contribution in [3.8, 4) is 16.8 Å². The second-order valence-electron chi connectivity index (χ2n) is 4.82. The van der Waals surface area contributed by atoms with Gasteiger partial charge < -0.3 is 9.32 Å². The van der Waals surface area contributed by atoms with Crippen molar-refractivity contribution < 1.29 is 9.21 Å². The topological polar surface area (TPSA) is 70.1 Å². The number of aromatic nitrogens is 1. The molecule has 0 atom stereocenters. The van der Waals surface area contributed by atoms with Gasteiger partial charge in [0, 0.05) is 11.9 Å². The second kappa shape index (κ2) is 6.90. The van der Waals surface area contributed by atoms with Gasteiger partial charge in [0.1, 0.15) is 12.2 Å². The summed E-state index contributed by atoms with van der Waals surface area (Å²) in [5.41, 5.74) is 1.30. The number of nitriles is 1. The van der Waals surface area contributed by atoms with Gasteiger partial charge in [0.15, 0.2) is 10.8 Å². The molecule has 1 aromatic carbocycles. The maximum atomic E-state index is 12.6. The van der Waals surface area contributed by atoms with Gasteiger partial charge in [0.05, 0.1) is 12.3 Å². The van der Waals surface area contributed by atoms with Crippen LogP contribution in [0, 0.1) is 11.3 Å². The molecule has 0 aliphatic heterocycles. The number of carbonyl (C=O) groups excluding carboxylic acids is 1. The molecule has 6 heteroatoms. The minimum atomic E-state index is -0.260. The summed E-state index contributed by atoms with van der Waals surface area (Å²) < 4.78 is 5.29. The highest BCUT2D eigenvalue weighted by molar-refractivity contribution is 7.13. The summed E-state index contributed by atoms with van der Waals surface area (Å²) in [5, 5.41) is 11.3. The van der Waals surface area contributed by atoms with Crippen LogP contribution >= 0.6 is 11.3 Å². The number of benzene rings is 1. The van der Waals surface area contributed by atoms with Gasteiger partial charge in [0.2, 0.25) is 0 Å². The van der Waals surface area contributed by atoms with E-state index >= 15 is 0 Å². The van der Waals surface area contributed by atoms with E-state index in [1.165, 1.54) is 16.2 Å². The van der Waals surface area contributed by atoms with Crippen molar-refractivity contribution >= 4 is 17.2 Å². The third-order valence-corrected chi connectivity index (χ3v) is 4.08. The number of hydrogen-bond acceptors (Lipinski definition) is 5. The van der Waals surface area contributed by atoms with Crippen molar-refractivity contribution in [1.29, 1.82) is 5.26 Å². The first-order valence-electron chi connectivity index (χ1n) is 6.97. The minimum Gasteiger partial charge on any atom is -0.462 e. The van der Waals surface area contributed by atoms with Crippen molar-refractivity contribution in [2.45, 2.75) is 6.54 Å². The molecule has 0 bridgehead atoms. The van der Waals surface area contributed by atoms with Gasteiger partial charge >= 0.3 is 0 Å². The fraction of sp³-hybridized carbons (Fsp3) is 0.118. The van der Waals surface area contributed by atoms with Crippen molar-refractivity contribution in [1.82, 2.24) is 9.88 Å². The average Bonchev–Trinajstić information content (AvgIpc) is 3.26. The van der Waals surface area contributed by atoms with E-state index in [0.717, 1.165) is 5.56 Å². The molecule has 0 aliphatic rings. The van der Waals surface area contributed by atoms with Crippen molar-refractivity contribution in [3.63, 3.8) is 0 Å². The SMILES string of the molecule is N#CCN(Cc1ccccc1)C(=O)c1csc(-c2ccco2)n1. The van der Waals surface area contributed by atoms with Gasteiger partial charge in [-0.1, -0.05) is 30.3 Å². The zero-order valence-corrected chi connectivity index (χ0v) is 13.0. The zero-order chi connectivity index (χ0) is 16.1. The Labute approximate surface area is 137 Å². The van der Waals surface area contributed by atoms with Crippen LogP contribution < -0.4 is 0 Å². The Bertz CT molecular complexity index is 819. The standard InChI is InChI=1S/C17H13N3O2S/c18-8-9-20(11-13-5-2-1-3-6-13)17(21)14-12-23-16(19-14)15-7-4-10-22-15/h1-7,10,12H,9,11H2. The predicted octanol–water partition coefficient (Wildman–Crippen LogP) is 3.57. The van der Waals surface area contributed by atoms with Gasteiger partial charge in [-0.25, -0.2) is 4.98 Å². The van der Waals surface area contributed by atoms with E-state index in [1.54, 1.807) is 23.8 Å². The van der Waals surface area contributed by atoms with Crippen molar-refractivity contribution in [2.24, 2.45) is 0 Å². The van der Waals surface area contributed by atoms with Crippen LogP contribution in [0.5, 0.6) is 0 Å². The Morgan fingerprint density at radius 3 is 2.78 bits per heavy atom. The zero-order valence-electron chi connectivity index (χ0n) is 12.2. The number of furan rings is 1. The lowest BCUT2D eigenvalue weighted by Crippen LogP contribution is -2.31. The Morgan fingerprint density at radius 1 is 1.26 bits per heavy atom. The summed E-state index contributed by atoms with van der Waals surface area (Å²) in [6.07, 6.45) is 1.57. The Balaban J connectivity index is 1.80. The van der Waals surface area contributed by atoms with E-state index in [0.29, 0.717) is 23.0 Å². The van der Waals surface area contributed by atoms with Gasteiger partial charge in [-0.2, -0.15) is 5.26 Å². The Hall–Kier alpha value is -2.91. The van der Waals surface area contributed by atoms with E-state index in [9.17, 15) is 4.79 Å². The molecule has 0 fully saturated rings. The summed E-state index contributed by atoms with van der Waals surface area (Å²) in [6, 6.07) is 15.2. The number of carbonyl (C=O) groups is 1. The molecule has 2 heterocycles. The summed E-state index contributed by atoms with van der Waals surface area (Å²) in [4.78, 5) is 18.4. The van der Waals surface area contributed by atoms with Crippen LogP contribution in [0.1, 0.15) is 16.1 Å². The molecule has 0 saturated carbocycles. The number of rotatable bonds is 5. The van der Waals surface area contributed by atoms with Crippen LogP contribution in [0.15, 0.2) is 58.5 Å². The van der Waals surface area contributed by atoms with Crippen LogP contribution in [0.3, 0.4) is 0 Å². The number of thiazole rings is 1. The Kier molecular flexibility index (Phi) is 4.50. The first-order valence-corrected chi connectivity index (χ1v) is 7.85. The fourth-order valence-corrected chi connectivity index (χ4v) is 2.90. The highest BCUT2D eigenvalue weighted by atomic mass is 32.1. The molecule has 1 amide bonds. The highest BCUT2D eigenvalue weighted by Crippen LogP contribution is 2.24. The first kappa shape index (κ1) is 15.0. The molecular weight excluding hydrogens is 310 g/mol. The smallest absolute Gasteiger partial charge is 0.274 e. The molecule has 0 spiro atoms. The molecule has 0 unspecified atom stereocenters. The van der Waals surface area contributed by atoms with E-state index in [4.69, 9.17) is 9.68 Å². The molecule has 0 radical (unpaired) electrons. The lowest BCUT2D eigenvalue weighted by molar-refractivity contribution is 0.0760. The van der Waals surface area contributed by atoms with Crippen LogP contribution in [0.25, 0.3) is 10.8 Å². The summed E-state index contributed by atoms with van der Waals surface area (Å²) in [7, 11) is 0. The van der Waals surface area contributed by atoms with Crippen LogP contribution in [0.4, 0.5) is 0 Å². The number of hydrogen-bond donors (Lipinski definition) is 0. The first-order chi connectivity index (χ1) is 11.3. The van der Waals surface area contributed by atoms with Crippen LogP contribution in [0.2, 0.25) is 0 Å². The molecule has 114 valence electrons. The van der Waals surface area contributed by atoms with E-state index < -0.39 is 0 Å². The lowest BCUT2D eigenvalue weighted by atomic mass is 10.2. The van der Waals surface area contributed by atoms with Crippen LogP contribution in [-0.4, -0.2) is 22.3 Å². The highest BCUT2D eigenvalue weighted by Gasteiger charge is 2.20. The van der Waals surface area contributed by atoms with Crippen LogP contribution in [-0.2, 0) is 6.54 Å². The van der Waals surface area contributed by atoms with E-state index in [-0.39, 0.29) is 12.5 Å². The molecule has 2 aromatic heterocycles. The molecule has 0 aliphatic carbocycles. The molecule has 0 saturated heterocycles. The fourth-order valence-electron chi connectivity index (χ4n) is 2.14. The van der Waals surface area contributed by atoms with E-state index in [2.05, 4.69) is 4.98 Å². The molecular formula is C17H13N3O2S. The van der Waals surface area contributed by atoms with Crippen molar-refractivity contribution in [3.05, 3.63) is 65.4 Å². The van der Waals surface area contributed by atoms with Crippen molar-refractivity contribution in [2.75, 3.05) is 6.54 Å².